The van der Waals surface area contributed by atoms with Gasteiger partial charge in [0, 0.05) is 25.1 Å². The second kappa shape index (κ2) is 5.68. The second-order valence-corrected chi connectivity index (χ2v) is 4.05. The summed E-state index contributed by atoms with van der Waals surface area (Å²) in [5, 5.41) is 6.29. The number of fused-ring (bicyclic) bond motifs is 1. The van der Waals surface area contributed by atoms with Crippen molar-refractivity contribution in [2.75, 3.05) is 19.7 Å². The highest BCUT2D eigenvalue weighted by Crippen LogP contribution is 2.26. The number of carbonyl (C=O) groups is 1. The van der Waals surface area contributed by atoms with Gasteiger partial charge in [0.1, 0.15) is 12.4 Å². The van der Waals surface area contributed by atoms with Gasteiger partial charge in [0.05, 0.1) is 6.04 Å². The van der Waals surface area contributed by atoms with E-state index in [1.54, 1.807) is 0 Å². The molecule has 1 amide bonds. The fourth-order valence-electron chi connectivity index (χ4n) is 1.93. The van der Waals surface area contributed by atoms with E-state index in [1.165, 1.54) is 0 Å². The summed E-state index contributed by atoms with van der Waals surface area (Å²) in [4.78, 5) is 11.3. The summed E-state index contributed by atoms with van der Waals surface area (Å²) in [6.45, 7) is 3.91. The molecule has 4 heteroatoms. The van der Waals surface area contributed by atoms with Crippen molar-refractivity contribution in [2.45, 2.75) is 19.4 Å². The van der Waals surface area contributed by atoms with Gasteiger partial charge in [0.15, 0.2) is 0 Å². The maximum absolute atomic E-state index is 11.3. The summed E-state index contributed by atoms with van der Waals surface area (Å²) >= 11 is 0. The molecule has 2 rings (SSSR count). The zero-order valence-corrected chi connectivity index (χ0v) is 10.0. The summed E-state index contributed by atoms with van der Waals surface area (Å²) < 4.78 is 5.64. The molecule has 4 nitrogen and oxygen atoms in total. The molecule has 17 heavy (non-hydrogen) atoms. The molecule has 1 unspecified atom stereocenters. The Bertz CT molecular complexity index is 393. The third-order valence-electron chi connectivity index (χ3n) is 2.87. The first-order valence-electron chi connectivity index (χ1n) is 6.03. The van der Waals surface area contributed by atoms with Gasteiger partial charge in [-0.15, -0.1) is 0 Å². The normalized spacial score (nSPS) is 18.8. The fourth-order valence-corrected chi connectivity index (χ4v) is 1.93. The number of benzene rings is 1. The minimum absolute atomic E-state index is 0.0782. The smallest absolute Gasteiger partial charge is 0.219 e. The minimum atomic E-state index is 0.0782. The van der Waals surface area contributed by atoms with Crippen LogP contribution in [0.4, 0.5) is 0 Å². The average molecular weight is 234 g/mol. The van der Waals surface area contributed by atoms with Crippen molar-refractivity contribution in [2.24, 2.45) is 0 Å². The maximum atomic E-state index is 11.3. The SMILES string of the molecule is CCC(=O)NCC1NCCOc2ccccc21. The van der Waals surface area contributed by atoms with Crippen LogP contribution in [0.25, 0.3) is 0 Å². The van der Waals surface area contributed by atoms with Gasteiger partial charge >= 0.3 is 0 Å². The molecular weight excluding hydrogens is 216 g/mol. The van der Waals surface area contributed by atoms with Gasteiger partial charge in [-0.2, -0.15) is 0 Å². The molecule has 92 valence electrons. The lowest BCUT2D eigenvalue weighted by Gasteiger charge is -2.17. The van der Waals surface area contributed by atoms with Crippen LogP contribution < -0.4 is 15.4 Å². The number of hydrogen-bond acceptors (Lipinski definition) is 3. The highest BCUT2D eigenvalue weighted by atomic mass is 16.5. The summed E-state index contributed by atoms with van der Waals surface area (Å²) in [5.41, 5.74) is 1.11. The Labute approximate surface area is 101 Å². The van der Waals surface area contributed by atoms with Crippen LogP contribution in [0.3, 0.4) is 0 Å². The first-order valence-corrected chi connectivity index (χ1v) is 6.03. The van der Waals surface area contributed by atoms with E-state index in [9.17, 15) is 4.79 Å². The van der Waals surface area contributed by atoms with Crippen molar-refractivity contribution < 1.29 is 9.53 Å². The van der Waals surface area contributed by atoms with Crippen molar-refractivity contribution in [1.29, 1.82) is 0 Å². The van der Waals surface area contributed by atoms with Gasteiger partial charge in [0.2, 0.25) is 5.91 Å². The lowest BCUT2D eigenvalue weighted by molar-refractivity contribution is -0.120. The van der Waals surface area contributed by atoms with Crippen molar-refractivity contribution >= 4 is 5.91 Å². The number of rotatable bonds is 3. The third kappa shape index (κ3) is 2.97. The molecule has 2 N–H and O–H groups in total. The van der Waals surface area contributed by atoms with Crippen molar-refractivity contribution in [3.63, 3.8) is 0 Å². The first-order chi connectivity index (χ1) is 8.31. The average Bonchev–Trinajstić information content (AvgIpc) is 2.58. The summed E-state index contributed by atoms with van der Waals surface area (Å²) in [6.07, 6.45) is 0.519. The van der Waals surface area contributed by atoms with E-state index in [2.05, 4.69) is 10.6 Å². The number of ether oxygens (including phenoxy) is 1. The Hall–Kier alpha value is -1.55. The molecule has 0 radical (unpaired) electrons. The molecule has 0 saturated heterocycles. The zero-order chi connectivity index (χ0) is 12.1. The standard InChI is InChI=1S/C13H18N2O2/c1-2-13(16)15-9-11-10-5-3-4-6-12(10)17-8-7-14-11/h3-6,11,14H,2,7-9H2,1H3,(H,15,16). The largest absolute Gasteiger partial charge is 0.492 e. The molecule has 1 aliphatic heterocycles. The highest BCUT2D eigenvalue weighted by molar-refractivity contribution is 5.75. The number of amides is 1. The Morgan fingerprint density at radius 1 is 1.53 bits per heavy atom. The van der Waals surface area contributed by atoms with Crippen LogP contribution in [0, 0.1) is 0 Å². The fraction of sp³-hybridized carbons (Fsp3) is 0.462. The lowest BCUT2D eigenvalue weighted by atomic mass is 10.1. The van der Waals surface area contributed by atoms with Crippen LogP contribution in [0.2, 0.25) is 0 Å². The predicted octanol–water partition coefficient (Wildman–Crippen LogP) is 1.24. The number of carbonyl (C=O) groups excluding carboxylic acids is 1. The molecule has 0 aromatic heterocycles. The Kier molecular flexibility index (Phi) is 3.98. The predicted molar refractivity (Wildman–Crippen MR) is 66.0 cm³/mol. The van der Waals surface area contributed by atoms with E-state index in [0.29, 0.717) is 19.6 Å². The van der Waals surface area contributed by atoms with Crippen LogP contribution in [0.1, 0.15) is 24.9 Å². The maximum Gasteiger partial charge on any atom is 0.219 e. The number of para-hydroxylation sites is 1. The van der Waals surface area contributed by atoms with Crippen molar-refractivity contribution in [3.05, 3.63) is 29.8 Å². The molecule has 0 fully saturated rings. The first kappa shape index (κ1) is 11.9. The molecule has 1 aliphatic rings. The van der Waals surface area contributed by atoms with Crippen LogP contribution in [0.15, 0.2) is 24.3 Å². The van der Waals surface area contributed by atoms with Gasteiger partial charge in [-0.1, -0.05) is 25.1 Å². The summed E-state index contributed by atoms with van der Waals surface area (Å²) in [5.74, 6) is 0.989. The van der Waals surface area contributed by atoms with Gasteiger partial charge in [-0.05, 0) is 6.07 Å². The Morgan fingerprint density at radius 3 is 3.18 bits per heavy atom. The van der Waals surface area contributed by atoms with Crippen molar-refractivity contribution in [3.8, 4) is 5.75 Å². The van der Waals surface area contributed by atoms with Gasteiger partial charge in [-0.3, -0.25) is 4.79 Å². The zero-order valence-electron chi connectivity index (χ0n) is 10.0. The molecule has 0 spiro atoms. The topological polar surface area (TPSA) is 50.4 Å². The van der Waals surface area contributed by atoms with Crippen LogP contribution in [0.5, 0.6) is 5.75 Å². The molecule has 0 saturated carbocycles. The van der Waals surface area contributed by atoms with E-state index in [1.807, 2.05) is 31.2 Å². The Morgan fingerprint density at radius 2 is 2.35 bits per heavy atom. The second-order valence-electron chi connectivity index (χ2n) is 4.05. The number of nitrogens with one attached hydrogen (secondary N) is 2. The van der Waals surface area contributed by atoms with Gasteiger partial charge in [0.25, 0.3) is 0 Å². The number of hydrogen-bond donors (Lipinski definition) is 2. The van der Waals surface area contributed by atoms with E-state index < -0.39 is 0 Å². The van der Waals surface area contributed by atoms with E-state index in [0.717, 1.165) is 17.9 Å². The molecule has 1 aromatic rings. The molecule has 1 aromatic carbocycles. The third-order valence-corrected chi connectivity index (χ3v) is 2.87. The van der Waals surface area contributed by atoms with Gasteiger partial charge < -0.3 is 15.4 Å². The van der Waals surface area contributed by atoms with E-state index in [-0.39, 0.29) is 11.9 Å². The van der Waals surface area contributed by atoms with Crippen LogP contribution in [-0.4, -0.2) is 25.6 Å². The quantitative estimate of drug-likeness (QED) is 0.827. The molecule has 0 aliphatic carbocycles. The van der Waals surface area contributed by atoms with E-state index >= 15 is 0 Å². The lowest BCUT2D eigenvalue weighted by Crippen LogP contribution is -2.34. The molecule has 0 bridgehead atoms. The highest BCUT2D eigenvalue weighted by Gasteiger charge is 2.18. The summed E-state index contributed by atoms with van der Waals surface area (Å²) in [6, 6.07) is 8.09. The monoisotopic (exact) mass is 234 g/mol. The van der Waals surface area contributed by atoms with Crippen molar-refractivity contribution in [1.82, 2.24) is 10.6 Å². The van der Waals surface area contributed by atoms with Gasteiger partial charge in [-0.25, -0.2) is 0 Å². The molecule has 1 atom stereocenters. The Balaban J connectivity index is 2.09. The van der Waals surface area contributed by atoms with E-state index in [4.69, 9.17) is 4.74 Å². The molecule has 1 heterocycles. The summed E-state index contributed by atoms with van der Waals surface area (Å²) in [7, 11) is 0. The minimum Gasteiger partial charge on any atom is -0.492 e. The van der Waals surface area contributed by atoms with Crippen LogP contribution in [-0.2, 0) is 4.79 Å². The van der Waals surface area contributed by atoms with Crippen LogP contribution >= 0.6 is 0 Å². The molecular formula is C13H18N2O2.